The molecule has 0 spiro atoms. The number of amides is 1. The first kappa shape index (κ1) is 18.8. The van der Waals surface area contributed by atoms with E-state index in [4.69, 9.17) is 4.74 Å². The summed E-state index contributed by atoms with van der Waals surface area (Å²) in [6.07, 6.45) is 7.26. The maximum absolute atomic E-state index is 12.8. The molecule has 2 aromatic rings. The molecule has 2 heterocycles. The summed E-state index contributed by atoms with van der Waals surface area (Å²) < 4.78 is 4.78. The highest BCUT2D eigenvalue weighted by Gasteiger charge is 2.26. The summed E-state index contributed by atoms with van der Waals surface area (Å²) in [4.78, 5) is 35.1. The van der Waals surface area contributed by atoms with E-state index in [2.05, 4.69) is 22.2 Å². The number of para-hydroxylation sites is 1. The van der Waals surface area contributed by atoms with Crippen LogP contribution in [0.5, 0.6) is 0 Å². The van der Waals surface area contributed by atoms with Crippen LogP contribution in [0, 0.1) is 0 Å². The van der Waals surface area contributed by atoms with Crippen LogP contribution in [0.1, 0.15) is 53.3 Å². The van der Waals surface area contributed by atoms with Crippen LogP contribution in [-0.2, 0) is 4.74 Å². The lowest BCUT2D eigenvalue weighted by molar-refractivity contribution is 0.0596. The van der Waals surface area contributed by atoms with Crippen molar-refractivity contribution in [3.63, 3.8) is 0 Å². The van der Waals surface area contributed by atoms with Crippen molar-refractivity contribution in [2.75, 3.05) is 19.0 Å². The fraction of sp³-hybridized carbons (Fsp3) is 0.400. The molecule has 1 aromatic heterocycles. The number of ether oxygens (including phenoxy) is 1. The number of nitrogens with zero attached hydrogens (tertiary/aromatic N) is 3. The molecule has 1 fully saturated rings. The molecule has 142 valence electrons. The number of carbonyl (C=O) groups is 2. The normalized spacial score (nSPS) is 16.7. The Morgan fingerprint density at radius 1 is 1.22 bits per heavy atom. The number of carbonyl (C=O) groups excluding carboxylic acids is 2. The summed E-state index contributed by atoms with van der Waals surface area (Å²) in [5.41, 5.74) is 1.41. The van der Waals surface area contributed by atoms with Gasteiger partial charge in [0.1, 0.15) is 0 Å². The number of piperidine rings is 1. The molecule has 1 aliphatic rings. The first-order valence-electron chi connectivity index (χ1n) is 9.21. The van der Waals surface area contributed by atoms with Crippen LogP contribution in [0.25, 0.3) is 0 Å². The maximum Gasteiger partial charge on any atom is 0.339 e. The van der Waals surface area contributed by atoms with E-state index in [1.54, 1.807) is 24.3 Å². The summed E-state index contributed by atoms with van der Waals surface area (Å²) >= 11 is 0. The maximum atomic E-state index is 12.8. The van der Waals surface area contributed by atoms with Crippen LogP contribution in [0.15, 0.2) is 36.7 Å². The number of hydrogen-bond acceptors (Lipinski definition) is 6. The predicted octanol–water partition coefficient (Wildman–Crippen LogP) is 3.41. The van der Waals surface area contributed by atoms with Crippen molar-refractivity contribution < 1.29 is 14.3 Å². The van der Waals surface area contributed by atoms with Crippen LogP contribution in [0.2, 0.25) is 0 Å². The van der Waals surface area contributed by atoms with Gasteiger partial charge < -0.3 is 15.0 Å². The summed E-state index contributed by atoms with van der Waals surface area (Å²) in [6, 6.07) is 7.24. The quantitative estimate of drug-likeness (QED) is 0.814. The average molecular weight is 368 g/mol. The lowest BCUT2D eigenvalue weighted by Gasteiger charge is -2.35. The van der Waals surface area contributed by atoms with E-state index < -0.39 is 5.97 Å². The van der Waals surface area contributed by atoms with Gasteiger partial charge in [-0.3, -0.25) is 4.79 Å². The Balaban J connectivity index is 1.74. The number of esters is 1. The van der Waals surface area contributed by atoms with Crippen molar-refractivity contribution >= 4 is 23.5 Å². The zero-order valence-electron chi connectivity index (χ0n) is 15.6. The molecule has 1 N–H and O–H groups in total. The van der Waals surface area contributed by atoms with E-state index in [0.717, 1.165) is 25.8 Å². The van der Waals surface area contributed by atoms with Crippen LogP contribution in [-0.4, -0.2) is 46.4 Å². The van der Waals surface area contributed by atoms with Gasteiger partial charge in [-0.2, -0.15) is 0 Å². The molecule has 1 aliphatic heterocycles. The molecule has 0 saturated carbocycles. The van der Waals surface area contributed by atoms with Gasteiger partial charge in [-0.25, -0.2) is 14.8 Å². The van der Waals surface area contributed by atoms with E-state index in [1.165, 1.54) is 25.9 Å². The molecule has 1 atom stereocenters. The molecule has 27 heavy (non-hydrogen) atoms. The standard InChI is InChI=1S/C20H24N4O3/c1-3-15-8-6-7-11-24(15)18(25)14-12-21-20(22-13-14)23-17-10-5-4-9-16(17)19(26)27-2/h4-5,9-10,12-13,15H,3,6-8,11H2,1-2H3,(H,21,22,23). The Hall–Kier alpha value is -2.96. The second-order valence-electron chi connectivity index (χ2n) is 6.51. The Morgan fingerprint density at radius 2 is 1.96 bits per heavy atom. The van der Waals surface area contributed by atoms with Gasteiger partial charge in [0.25, 0.3) is 5.91 Å². The van der Waals surface area contributed by atoms with Crippen LogP contribution >= 0.6 is 0 Å². The third-order valence-electron chi connectivity index (χ3n) is 4.84. The minimum absolute atomic E-state index is 0.0249. The molecule has 1 aromatic carbocycles. The fourth-order valence-corrected chi connectivity index (χ4v) is 3.36. The summed E-state index contributed by atoms with van der Waals surface area (Å²) in [5.74, 6) is -0.155. The highest BCUT2D eigenvalue weighted by molar-refractivity contribution is 5.96. The van der Waals surface area contributed by atoms with Gasteiger partial charge in [0.2, 0.25) is 5.95 Å². The summed E-state index contributed by atoms with van der Waals surface area (Å²) in [7, 11) is 1.33. The SMILES string of the molecule is CCC1CCCCN1C(=O)c1cnc(Nc2ccccc2C(=O)OC)nc1. The zero-order chi connectivity index (χ0) is 19.2. The van der Waals surface area contributed by atoms with E-state index in [9.17, 15) is 9.59 Å². The third-order valence-corrected chi connectivity index (χ3v) is 4.84. The van der Waals surface area contributed by atoms with Gasteiger partial charge in [0, 0.05) is 25.0 Å². The number of hydrogen-bond donors (Lipinski definition) is 1. The van der Waals surface area contributed by atoms with E-state index >= 15 is 0 Å². The monoisotopic (exact) mass is 368 g/mol. The molecule has 7 heteroatoms. The molecule has 7 nitrogen and oxygen atoms in total. The first-order valence-corrected chi connectivity index (χ1v) is 9.21. The average Bonchev–Trinajstić information content (AvgIpc) is 2.73. The lowest BCUT2D eigenvalue weighted by Crippen LogP contribution is -2.43. The predicted molar refractivity (Wildman–Crippen MR) is 102 cm³/mol. The smallest absolute Gasteiger partial charge is 0.339 e. The number of benzene rings is 1. The van der Waals surface area contributed by atoms with Crippen molar-refractivity contribution in [3.8, 4) is 0 Å². The fourth-order valence-electron chi connectivity index (χ4n) is 3.36. The van der Waals surface area contributed by atoms with Crippen molar-refractivity contribution in [3.05, 3.63) is 47.8 Å². The number of likely N-dealkylation sites (tertiary alicyclic amines) is 1. The molecule has 1 unspecified atom stereocenters. The largest absolute Gasteiger partial charge is 0.465 e. The van der Waals surface area contributed by atoms with Crippen LogP contribution in [0.4, 0.5) is 11.6 Å². The molecule has 3 rings (SSSR count). The van der Waals surface area contributed by atoms with Crippen molar-refractivity contribution in [2.45, 2.75) is 38.6 Å². The van der Waals surface area contributed by atoms with Gasteiger partial charge in [-0.05, 0) is 37.8 Å². The number of nitrogens with one attached hydrogen (secondary N) is 1. The number of methoxy groups -OCH3 is 1. The lowest BCUT2D eigenvalue weighted by atomic mass is 9.99. The zero-order valence-corrected chi connectivity index (χ0v) is 15.6. The second kappa shape index (κ2) is 8.62. The number of rotatable bonds is 5. The second-order valence-corrected chi connectivity index (χ2v) is 6.51. The van der Waals surface area contributed by atoms with Crippen molar-refractivity contribution in [1.82, 2.24) is 14.9 Å². The highest BCUT2D eigenvalue weighted by atomic mass is 16.5. The molecule has 1 saturated heterocycles. The number of aromatic nitrogens is 2. The molecular weight excluding hydrogens is 344 g/mol. The van der Waals surface area contributed by atoms with Gasteiger partial charge in [0.15, 0.2) is 0 Å². The van der Waals surface area contributed by atoms with Crippen molar-refractivity contribution in [2.24, 2.45) is 0 Å². The Bertz CT molecular complexity index is 807. The number of anilines is 2. The molecule has 1 amide bonds. The molecule has 0 bridgehead atoms. The van der Waals surface area contributed by atoms with E-state index in [1.807, 2.05) is 4.90 Å². The van der Waals surface area contributed by atoms with Crippen molar-refractivity contribution in [1.29, 1.82) is 0 Å². The Kier molecular flexibility index (Phi) is 6.01. The minimum atomic E-state index is -0.444. The van der Waals surface area contributed by atoms with Gasteiger partial charge in [0.05, 0.1) is 23.9 Å². The van der Waals surface area contributed by atoms with Gasteiger partial charge in [-0.1, -0.05) is 19.1 Å². The third kappa shape index (κ3) is 4.24. The molecule has 0 radical (unpaired) electrons. The van der Waals surface area contributed by atoms with Crippen LogP contribution < -0.4 is 5.32 Å². The van der Waals surface area contributed by atoms with Gasteiger partial charge >= 0.3 is 5.97 Å². The molecule has 0 aliphatic carbocycles. The topological polar surface area (TPSA) is 84.4 Å². The first-order chi connectivity index (χ1) is 13.1. The summed E-state index contributed by atoms with van der Waals surface area (Å²) in [6.45, 7) is 2.89. The van der Waals surface area contributed by atoms with E-state index in [0.29, 0.717) is 22.8 Å². The Morgan fingerprint density at radius 3 is 2.67 bits per heavy atom. The summed E-state index contributed by atoms with van der Waals surface area (Å²) in [5, 5.41) is 3.01. The Labute approximate surface area is 158 Å². The minimum Gasteiger partial charge on any atom is -0.465 e. The van der Waals surface area contributed by atoms with E-state index in [-0.39, 0.29) is 11.9 Å². The molecular formula is C20H24N4O3. The van der Waals surface area contributed by atoms with Crippen LogP contribution in [0.3, 0.4) is 0 Å². The van der Waals surface area contributed by atoms with Gasteiger partial charge in [-0.15, -0.1) is 0 Å². The highest BCUT2D eigenvalue weighted by Crippen LogP contribution is 2.22.